The number of pyridine rings is 1. The maximum atomic E-state index is 13.3. The van der Waals surface area contributed by atoms with Crippen LogP contribution in [0.4, 0.5) is 0 Å². The Bertz CT molecular complexity index is 878. The lowest BCUT2D eigenvalue weighted by Gasteiger charge is -2.29. The fourth-order valence-electron chi connectivity index (χ4n) is 2.82. The number of ether oxygens (including phenoxy) is 2. The lowest BCUT2D eigenvalue weighted by molar-refractivity contribution is 0.0679. The molecule has 0 saturated carbocycles. The van der Waals surface area contributed by atoms with Gasteiger partial charge in [-0.25, -0.2) is 0 Å². The Balaban J connectivity index is 1.91. The molecule has 140 valence electrons. The molecule has 0 N–H and O–H groups in total. The van der Waals surface area contributed by atoms with E-state index in [1.807, 2.05) is 60.4 Å². The standard InChI is InChI=1S/C21H22N2O3S/c1-15(17-6-8-18(25-2)9-7-17)23(14-16-5-4-12-22-13-16)21(24)19-10-11-20(26-3)27-19/h4-13,15H,14H2,1-3H3. The summed E-state index contributed by atoms with van der Waals surface area (Å²) in [4.78, 5) is 19.9. The highest BCUT2D eigenvalue weighted by molar-refractivity contribution is 7.15. The predicted molar refractivity (Wildman–Crippen MR) is 106 cm³/mol. The predicted octanol–water partition coefficient (Wildman–Crippen LogP) is 4.56. The van der Waals surface area contributed by atoms with Crippen LogP contribution in [0.3, 0.4) is 0 Å². The molecular weight excluding hydrogens is 360 g/mol. The molecule has 0 aliphatic heterocycles. The molecule has 27 heavy (non-hydrogen) atoms. The van der Waals surface area contributed by atoms with Crippen molar-refractivity contribution in [2.75, 3.05) is 14.2 Å². The van der Waals surface area contributed by atoms with Crippen LogP contribution < -0.4 is 9.47 Å². The lowest BCUT2D eigenvalue weighted by atomic mass is 10.1. The molecule has 1 unspecified atom stereocenters. The van der Waals surface area contributed by atoms with Gasteiger partial charge in [0.25, 0.3) is 5.91 Å². The second kappa shape index (κ2) is 8.68. The number of rotatable bonds is 7. The van der Waals surface area contributed by atoms with Crippen molar-refractivity contribution in [3.05, 3.63) is 76.9 Å². The first-order valence-electron chi connectivity index (χ1n) is 8.60. The van der Waals surface area contributed by atoms with Gasteiger partial charge in [-0.2, -0.15) is 0 Å². The molecule has 3 rings (SSSR count). The molecule has 1 amide bonds. The van der Waals surface area contributed by atoms with Gasteiger partial charge in [-0.05, 0) is 48.4 Å². The Kier molecular flexibility index (Phi) is 6.08. The molecule has 0 radical (unpaired) electrons. The van der Waals surface area contributed by atoms with Crippen molar-refractivity contribution in [3.8, 4) is 10.8 Å². The van der Waals surface area contributed by atoms with E-state index in [0.717, 1.165) is 21.9 Å². The van der Waals surface area contributed by atoms with E-state index in [0.29, 0.717) is 11.4 Å². The molecule has 2 heterocycles. The number of hydrogen-bond acceptors (Lipinski definition) is 5. The molecule has 0 saturated heterocycles. The van der Waals surface area contributed by atoms with E-state index >= 15 is 0 Å². The molecular formula is C21H22N2O3S. The van der Waals surface area contributed by atoms with E-state index in [1.165, 1.54) is 11.3 Å². The number of benzene rings is 1. The number of hydrogen-bond donors (Lipinski definition) is 0. The van der Waals surface area contributed by atoms with E-state index in [-0.39, 0.29) is 11.9 Å². The van der Waals surface area contributed by atoms with Gasteiger partial charge in [-0.1, -0.05) is 29.5 Å². The summed E-state index contributed by atoms with van der Waals surface area (Å²) in [5, 5.41) is 0.719. The minimum absolute atomic E-state index is 0.0320. The van der Waals surface area contributed by atoms with Crippen LogP contribution in [0, 0.1) is 0 Å². The smallest absolute Gasteiger partial charge is 0.264 e. The summed E-state index contributed by atoms with van der Waals surface area (Å²) in [6, 6.07) is 15.2. The molecule has 2 aromatic heterocycles. The van der Waals surface area contributed by atoms with Crippen molar-refractivity contribution in [1.29, 1.82) is 0 Å². The molecule has 5 nitrogen and oxygen atoms in total. The van der Waals surface area contributed by atoms with Crippen molar-refractivity contribution in [3.63, 3.8) is 0 Å². The average molecular weight is 382 g/mol. The third-order valence-corrected chi connectivity index (χ3v) is 5.43. The zero-order chi connectivity index (χ0) is 19.2. The topological polar surface area (TPSA) is 51.7 Å². The Hall–Kier alpha value is -2.86. The number of carbonyl (C=O) groups excluding carboxylic acids is 1. The first-order chi connectivity index (χ1) is 13.1. The van der Waals surface area contributed by atoms with Crippen LogP contribution in [0.1, 0.15) is 33.8 Å². The van der Waals surface area contributed by atoms with E-state index in [4.69, 9.17) is 9.47 Å². The SMILES string of the molecule is COc1ccc(C(C)N(Cc2cccnc2)C(=O)c2ccc(OC)s2)cc1. The van der Waals surface area contributed by atoms with Gasteiger partial charge in [0.1, 0.15) is 5.75 Å². The summed E-state index contributed by atoms with van der Waals surface area (Å²) >= 11 is 1.35. The van der Waals surface area contributed by atoms with Crippen molar-refractivity contribution in [1.82, 2.24) is 9.88 Å². The lowest BCUT2D eigenvalue weighted by Crippen LogP contribution is -2.32. The monoisotopic (exact) mass is 382 g/mol. The molecule has 0 fully saturated rings. The highest BCUT2D eigenvalue weighted by Crippen LogP contribution is 2.30. The molecule has 0 bridgehead atoms. The molecule has 1 aromatic carbocycles. The fourth-order valence-corrected chi connectivity index (χ4v) is 3.60. The summed E-state index contributed by atoms with van der Waals surface area (Å²) in [5.41, 5.74) is 2.02. The third-order valence-electron chi connectivity index (χ3n) is 4.40. The average Bonchev–Trinajstić information content (AvgIpc) is 3.21. The number of aromatic nitrogens is 1. The van der Waals surface area contributed by atoms with Crippen LogP contribution in [0.15, 0.2) is 60.9 Å². The summed E-state index contributed by atoms with van der Waals surface area (Å²) in [6.45, 7) is 2.50. The zero-order valence-electron chi connectivity index (χ0n) is 15.6. The minimum atomic E-state index is -0.114. The van der Waals surface area contributed by atoms with Gasteiger partial charge in [0.15, 0.2) is 5.06 Å². The second-order valence-corrected chi connectivity index (χ2v) is 7.11. The Morgan fingerprint density at radius 1 is 1.11 bits per heavy atom. The van der Waals surface area contributed by atoms with Gasteiger partial charge in [-0.3, -0.25) is 9.78 Å². The summed E-state index contributed by atoms with van der Waals surface area (Å²) in [5.74, 6) is 0.759. The zero-order valence-corrected chi connectivity index (χ0v) is 16.4. The Morgan fingerprint density at radius 2 is 1.89 bits per heavy atom. The maximum Gasteiger partial charge on any atom is 0.264 e. The Labute approximate surface area is 163 Å². The first-order valence-corrected chi connectivity index (χ1v) is 9.41. The first kappa shape index (κ1) is 18.9. The quantitative estimate of drug-likeness (QED) is 0.601. The van der Waals surface area contributed by atoms with Crippen LogP contribution in [0.2, 0.25) is 0 Å². The Morgan fingerprint density at radius 3 is 2.48 bits per heavy atom. The van der Waals surface area contributed by atoms with Crippen LogP contribution >= 0.6 is 11.3 Å². The van der Waals surface area contributed by atoms with Crippen molar-refractivity contribution >= 4 is 17.2 Å². The molecule has 3 aromatic rings. The van der Waals surface area contributed by atoms with E-state index < -0.39 is 0 Å². The number of methoxy groups -OCH3 is 2. The van der Waals surface area contributed by atoms with Gasteiger partial charge < -0.3 is 14.4 Å². The summed E-state index contributed by atoms with van der Waals surface area (Å²) < 4.78 is 10.5. The minimum Gasteiger partial charge on any atom is -0.497 e. The molecule has 0 aliphatic carbocycles. The molecule has 1 atom stereocenters. The third kappa shape index (κ3) is 4.46. The van der Waals surface area contributed by atoms with Gasteiger partial charge in [0.2, 0.25) is 0 Å². The van der Waals surface area contributed by atoms with Crippen molar-refractivity contribution in [2.24, 2.45) is 0 Å². The fraction of sp³-hybridized carbons (Fsp3) is 0.238. The highest BCUT2D eigenvalue weighted by Gasteiger charge is 2.24. The second-order valence-electron chi connectivity index (χ2n) is 6.07. The van der Waals surface area contributed by atoms with Gasteiger partial charge in [0.05, 0.1) is 25.1 Å². The maximum absolute atomic E-state index is 13.3. The molecule has 0 spiro atoms. The van der Waals surface area contributed by atoms with Crippen LogP contribution in [-0.2, 0) is 6.54 Å². The number of amides is 1. The number of thiophene rings is 1. The molecule has 6 heteroatoms. The van der Waals surface area contributed by atoms with Gasteiger partial charge in [0, 0.05) is 18.9 Å². The number of carbonyl (C=O) groups is 1. The van der Waals surface area contributed by atoms with E-state index in [9.17, 15) is 4.79 Å². The van der Waals surface area contributed by atoms with Gasteiger partial charge in [-0.15, -0.1) is 0 Å². The summed E-state index contributed by atoms with van der Waals surface area (Å²) in [6.07, 6.45) is 3.52. The normalized spacial score (nSPS) is 11.7. The van der Waals surface area contributed by atoms with Crippen LogP contribution in [-0.4, -0.2) is 30.0 Å². The largest absolute Gasteiger partial charge is 0.497 e. The van der Waals surface area contributed by atoms with E-state index in [1.54, 1.807) is 26.6 Å². The summed E-state index contributed by atoms with van der Waals surface area (Å²) in [7, 11) is 3.24. The van der Waals surface area contributed by atoms with Crippen molar-refractivity contribution in [2.45, 2.75) is 19.5 Å². The van der Waals surface area contributed by atoms with Crippen LogP contribution in [0.25, 0.3) is 0 Å². The molecule has 0 aliphatic rings. The number of nitrogens with zero attached hydrogens (tertiary/aromatic N) is 2. The van der Waals surface area contributed by atoms with E-state index in [2.05, 4.69) is 4.98 Å². The highest BCUT2D eigenvalue weighted by atomic mass is 32.1. The van der Waals surface area contributed by atoms with Crippen molar-refractivity contribution < 1.29 is 14.3 Å². The van der Waals surface area contributed by atoms with Crippen LogP contribution in [0.5, 0.6) is 10.8 Å². The van der Waals surface area contributed by atoms with Gasteiger partial charge >= 0.3 is 0 Å².